The zero-order valence-corrected chi connectivity index (χ0v) is 13.4. The van der Waals surface area contributed by atoms with Gasteiger partial charge >= 0.3 is 0 Å². The smallest absolute Gasteiger partial charge is 0.0644 e. The Morgan fingerprint density at radius 2 is 1.89 bits per heavy atom. The lowest BCUT2D eigenvalue weighted by Gasteiger charge is -2.26. The summed E-state index contributed by atoms with van der Waals surface area (Å²) >= 11 is 0. The van der Waals surface area contributed by atoms with Gasteiger partial charge in [0, 0.05) is 37.0 Å². The van der Waals surface area contributed by atoms with Crippen LogP contribution < -0.4 is 5.32 Å². The number of hydrogen-bond acceptors (Lipinski definition) is 3. The number of aromatic nitrogens is 2. The predicted octanol–water partition coefficient (Wildman–Crippen LogP) is 2.75. The van der Waals surface area contributed by atoms with Crippen molar-refractivity contribution in [2.75, 3.05) is 13.2 Å². The molecular formula is C15H29N3O. The van der Waals surface area contributed by atoms with E-state index in [0.29, 0.717) is 18.0 Å². The van der Waals surface area contributed by atoms with Crippen molar-refractivity contribution in [1.82, 2.24) is 15.1 Å². The second-order valence-corrected chi connectivity index (χ2v) is 5.61. The Hall–Kier alpha value is -0.870. The molecule has 2 atom stereocenters. The fourth-order valence-corrected chi connectivity index (χ4v) is 2.50. The third-order valence-electron chi connectivity index (χ3n) is 3.77. The fourth-order valence-electron chi connectivity index (χ4n) is 2.50. The Bertz CT molecular complexity index is 398. The minimum atomic E-state index is 0.293. The van der Waals surface area contributed by atoms with E-state index < -0.39 is 0 Å². The minimum Gasteiger partial charge on any atom is -0.380 e. The van der Waals surface area contributed by atoms with Crippen LogP contribution in [0.4, 0.5) is 0 Å². The van der Waals surface area contributed by atoms with Crippen molar-refractivity contribution in [2.24, 2.45) is 13.0 Å². The molecule has 0 aliphatic heterocycles. The fraction of sp³-hybridized carbons (Fsp3) is 0.800. The molecule has 0 aromatic carbocycles. The highest BCUT2D eigenvalue weighted by Gasteiger charge is 2.21. The van der Waals surface area contributed by atoms with E-state index in [4.69, 9.17) is 4.74 Å². The average Bonchev–Trinajstić information content (AvgIpc) is 2.58. The minimum absolute atomic E-state index is 0.293. The van der Waals surface area contributed by atoms with Gasteiger partial charge in [-0.1, -0.05) is 13.8 Å². The third kappa shape index (κ3) is 4.05. The maximum atomic E-state index is 5.58. The molecule has 0 aliphatic rings. The SMILES string of the molecule is CCOCC(NC(C)c1c(C)nn(C)c1C)C(C)C. The number of aryl methyl sites for hydroxylation is 2. The molecule has 1 heterocycles. The molecule has 1 aromatic heterocycles. The molecule has 2 unspecified atom stereocenters. The Labute approximate surface area is 117 Å². The first kappa shape index (κ1) is 16.2. The van der Waals surface area contributed by atoms with Crippen LogP contribution in [0, 0.1) is 19.8 Å². The van der Waals surface area contributed by atoms with Crippen molar-refractivity contribution in [3.8, 4) is 0 Å². The quantitative estimate of drug-likeness (QED) is 0.825. The Morgan fingerprint density at radius 3 is 2.32 bits per heavy atom. The molecule has 1 rings (SSSR count). The van der Waals surface area contributed by atoms with Gasteiger partial charge < -0.3 is 10.1 Å². The molecule has 0 saturated heterocycles. The summed E-state index contributed by atoms with van der Waals surface area (Å²) in [5.74, 6) is 0.547. The van der Waals surface area contributed by atoms with Crippen molar-refractivity contribution in [3.63, 3.8) is 0 Å². The lowest BCUT2D eigenvalue weighted by molar-refractivity contribution is 0.104. The van der Waals surface area contributed by atoms with E-state index in [1.165, 1.54) is 11.3 Å². The van der Waals surface area contributed by atoms with Gasteiger partial charge in [-0.25, -0.2) is 0 Å². The van der Waals surface area contributed by atoms with Crippen molar-refractivity contribution in [1.29, 1.82) is 0 Å². The van der Waals surface area contributed by atoms with E-state index in [-0.39, 0.29) is 0 Å². The van der Waals surface area contributed by atoms with Gasteiger partial charge in [0.15, 0.2) is 0 Å². The van der Waals surface area contributed by atoms with Crippen molar-refractivity contribution < 1.29 is 4.74 Å². The molecule has 0 spiro atoms. The van der Waals surface area contributed by atoms with Gasteiger partial charge in [-0.15, -0.1) is 0 Å². The summed E-state index contributed by atoms with van der Waals surface area (Å²) in [5, 5.41) is 8.18. The van der Waals surface area contributed by atoms with Crippen LogP contribution in [0.3, 0.4) is 0 Å². The average molecular weight is 267 g/mol. The molecule has 110 valence electrons. The Morgan fingerprint density at radius 1 is 1.26 bits per heavy atom. The van der Waals surface area contributed by atoms with Crippen molar-refractivity contribution >= 4 is 0 Å². The van der Waals surface area contributed by atoms with E-state index in [0.717, 1.165) is 18.9 Å². The second kappa shape index (κ2) is 7.06. The van der Waals surface area contributed by atoms with Crippen LogP contribution in [0.15, 0.2) is 0 Å². The molecule has 1 N–H and O–H groups in total. The van der Waals surface area contributed by atoms with E-state index in [9.17, 15) is 0 Å². The van der Waals surface area contributed by atoms with Gasteiger partial charge in [-0.2, -0.15) is 5.10 Å². The Balaban J connectivity index is 2.78. The first-order valence-electron chi connectivity index (χ1n) is 7.22. The zero-order valence-electron chi connectivity index (χ0n) is 13.4. The molecule has 4 nitrogen and oxygen atoms in total. The molecule has 0 bridgehead atoms. The van der Waals surface area contributed by atoms with Crippen LogP contribution in [-0.4, -0.2) is 29.0 Å². The topological polar surface area (TPSA) is 39.1 Å². The van der Waals surface area contributed by atoms with Crippen LogP contribution in [0.2, 0.25) is 0 Å². The first-order chi connectivity index (χ1) is 8.88. The molecule has 1 aromatic rings. The lowest BCUT2D eigenvalue weighted by Crippen LogP contribution is -2.39. The highest BCUT2D eigenvalue weighted by Crippen LogP contribution is 2.22. The molecule has 0 fully saturated rings. The first-order valence-corrected chi connectivity index (χ1v) is 7.22. The summed E-state index contributed by atoms with van der Waals surface area (Å²) in [7, 11) is 2.00. The van der Waals surface area contributed by atoms with Crippen LogP contribution in [0.1, 0.15) is 50.7 Å². The monoisotopic (exact) mass is 267 g/mol. The summed E-state index contributed by atoms with van der Waals surface area (Å²) in [6.45, 7) is 14.4. The van der Waals surface area contributed by atoms with Gasteiger partial charge in [0.1, 0.15) is 0 Å². The van der Waals surface area contributed by atoms with Crippen LogP contribution in [0.5, 0.6) is 0 Å². The van der Waals surface area contributed by atoms with E-state index in [1.54, 1.807) is 0 Å². The molecule has 4 heteroatoms. The molecule has 0 amide bonds. The van der Waals surface area contributed by atoms with Crippen LogP contribution >= 0.6 is 0 Å². The summed E-state index contributed by atoms with van der Waals surface area (Å²) in [4.78, 5) is 0. The number of nitrogens with one attached hydrogen (secondary N) is 1. The number of nitrogens with zero attached hydrogens (tertiary/aromatic N) is 2. The molecular weight excluding hydrogens is 238 g/mol. The normalized spacial score (nSPS) is 14.9. The van der Waals surface area contributed by atoms with E-state index in [1.807, 2.05) is 18.7 Å². The molecule has 0 radical (unpaired) electrons. The molecule has 0 saturated carbocycles. The summed E-state index contributed by atoms with van der Waals surface area (Å²) in [5.41, 5.74) is 3.65. The summed E-state index contributed by atoms with van der Waals surface area (Å²) in [6.07, 6.45) is 0. The number of hydrogen-bond donors (Lipinski definition) is 1. The summed E-state index contributed by atoms with van der Waals surface area (Å²) < 4.78 is 7.53. The summed E-state index contributed by atoms with van der Waals surface area (Å²) in [6, 6.07) is 0.663. The lowest BCUT2D eigenvalue weighted by atomic mass is 10.0. The van der Waals surface area contributed by atoms with Gasteiger partial charge in [0.05, 0.1) is 12.3 Å². The second-order valence-electron chi connectivity index (χ2n) is 5.61. The van der Waals surface area contributed by atoms with Gasteiger partial charge in [-0.3, -0.25) is 4.68 Å². The van der Waals surface area contributed by atoms with E-state index >= 15 is 0 Å². The van der Waals surface area contributed by atoms with Gasteiger partial charge in [0.2, 0.25) is 0 Å². The van der Waals surface area contributed by atoms with Crippen LogP contribution in [0.25, 0.3) is 0 Å². The van der Waals surface area contributed by atoms with Gasteiger partial charge in [-0.05, 0) is 33.6 Å². The highest BCUT2D eigenvalue weighted by molar-refractivity contribution is 5.27. The van der Waals surface area contributed by atoms with E-state index in [2.05, 4.69) is 45.0 Å². The molecule has 0 aliphatic carbocycles. The number of ether oxygens (including phenoxy) is 1. The third-order valence-corrected chi connectivity index (χ3v) is 3.77. The van der Waals surface area contributed by atoms with Crippen molar-refractivity contribution in [2.45, 2.75) is 53.6 Å². The highest BCUT2D eigenvalue weighted by atomic mass is 16.5. The maximum absolute atomic E-state index is 5.58. The standard InChI is InChI=1S/C15H29N3O/c1-8-19-9-14(10(2)3)16-11(4)15-12(5)17-18(7)13(15)6/h10-11,14,16H,8-9H2,1-7H3. The zero-order chi connectivity index (χ0) is 14.6. The largest absolute Gasteiger partial charge is 0.380 e. The predicted molar refractivity (Wildman–Crippen MR) is 79.4 cm³/mol. The maximum Gasteiger partial charge on any atom is 0.0644 e. The van der Waals surface area contributed by atoms with Gasteiger partial charge in [0.25, 0.3) is 0 Å². The van der Waals surface area contributed by atoms with Crippen LogP contribution in [-0.2, 0) is 11.8 Å². The number of rotatable bonds is 7. The van der Waals surface area contributed by atoms with Crippen molar-refractivity contribution in [3.05, 3.63) is 17.0 Å². The Kier molecular flexibility index (Phi) is 6.01. The molecule has 19 heavy (non-hydrogen) atoms.